The van der Waals surface area contributed by atoms with Crippen LogP contribution in [0.25, 0.3) is 5.82 Å². The summed E-state index contributed by atoms with van der Waals surface area (Å²) in [4.78, 5) is 23.1. The van der Waals surface area contributed by atoms with Crippen LogP contribution in [-0.4, -0.2) is 50.5 Å². The number of imidazole rings is 1. The summed E-state index contributed by atoms with van der Waals surface area (Å²) in [6, 6.07) is 4.66. The monoisotopic (exact) mass is 369 g/mol. The molecule has 0 aliphatic carbocycles. The van der Waals surface area contributed by atoms with Crippen LogP contribution in [0.1, 0.15) is 29.6 Å². The second-order valence-corrected chi connectivity index (χ2v) is 6.05. The molecule has 4 rings (SSSR count). The van der Waals surface area contributed by atoms with Crippen molar-refractivity contribution in [3.8, 4) is 5.82 Å². The van der Waals surface area contributed by atoms with Crippen molar-refractivity contribution < 1.29 is 4.79 Å². The molecular weight excluding hydrogens is 349 g/mol. The summed E-state index contributed by atoms with van der Waals surface area (Å²) in [6.07, 6.45) is 10.4. The molecule has 2 aromatic heterocycles. The van der Waals surface area contributed by atoms with E-state index in [1.54, 1.807) is 24.8 Å². The third kappa shape index (κ3) is 3.71. The number of amides is 1. The molecule has 0 saturated carbocycles. The number of hydrogen-bond donors (Lipinski definition) is 1. The first-order valence-electron chi connectivity index (χ1n) is 7.79. The SMILES string of the molecule is Cl.Cl.O=C(c1ccnc(-n2ccnc2)c1)N1CCC2CCC(C1)N2. The lowest BCUT2D eigenvalue weighted by atomic mass is 10.1. The van der Waals surface area contributed by atoms with Crippen LogP contribution in [0.3, 0.4) is 0 Å². The smallest absolute Gasteiger partial charge is 0.254 e. The van der Waals surface area contributed by atoms with E-state index >= 15 is 0 Å². The number of carbonyl (C=O) groups is 1. The van der Waals surface area contributed by atoms with Crippen molar-refractivity contribution in [2.75, 3.05) is 13.1 Å². The number of fused-ring (bicyclic) bond motifs is 2. The molecule has 2 fully saturated rings. The molecule has 130 valence electrons. The summed E-state index contributed by atoms with van der Waals surface area (Å²) in [7, 11) is 0. The molecule has 6 nitrogen and oxygen atoms in total. The van der Waals surface area contributed by atoms with Crippen molar-refractivity contribution in [3.63, 3.8) is 0 Å². The van der Waals surface area contributed by atoms with Crippen LogP contribution >= 0.6 is 24.8 Å². The predicted octanol–water partition coefficient (Wildman–Crippen LogP) is 2.08. The van der Waals surface area contributed by atoms with Crippen LogP contribution < -0.4 is 5.32 Å². The van der Waals surface area contributed by atoms with E-state index in [0.29, 0.717) is 17.6 Å². The van der Waals surface area contributed by atoms with Gasteiger partial charge in [-0.3, -0.25) is 9.36 Å². The average molecular weight is 370 g/mol. The van der Waals surface area contributed by atoms with Crippen LogP contribution in [0.2, 0.25) is 0 Å². The van der Waals surface area contributed by atoms with Gasteiger partial charge in [0.15, 0.2) is 0 Å². The lowest BCUT2D eigenvalue weighted by Crippen LogP contribution is -2.39. The number of hydrogen-bond acceptors (Lipinski definition) is 4. The minimum absolute atomic E-state index is 0. The topological polar surface area (TPSA) is 63.1 Å². The van der Waals surface area contributed by atoms with Crippen LogP contribution in [0.4, 0.5) is 0 Å². The molecule has 0 aromatic carbocycles. The van der Waals surface area contributed by atoms with Crippen molar-refractivity contribution in [2.45, 2.75) is 31.3 Å². The van der Waals surface area contributed by atoms with E-state index in [0.717, 1.165) is 25.3 Å². The summed E-state index contributed by atoms with van der Waals surface area (Å²) in [5.74, 6) is 0.816. The number of pyridine rings is 1. The molecule has 2 bridgehead atoms. The van der Waals surface area contributed by atoms with Gasteiger partial charge in [0.1, 0.15) is 12.1 Å². The standard InChI is InChI=1S/C16H19N5O.2ClH/c22-16(20-7-4-13-1-2-14(10-20)19-13)12-3-5-18-15(9-12)21-8-6-17-11-21;;/h3,5-6,8-9,11,13-14,19H,1-2,4,7,10H2;2*1H. The van der Waals surface area contributed by atoms with Gasteiger partial charge in [-0.15, -0.1) is 24.8 Å². The first-order chi connectivity index (χ1) is 10.8. The largest absolute Gasteiger partial charge is 0.337 e. The maximum absolute atomic E-state index is 12.8. The van der Waals surface area contributed by atoms with E-state index in [2.05, 4.69) is 15.3 Å². The highest BCUT2D eigenvalue weighted by molar-refractivity contribution is 5.94. The van der Waals surface area contributed by atoms with E-state index < -0.39 is 0 Å². The fourth-order valence-corrected chi connectivity index (χ4v) is 3.40. The van der Waals surface area contributed by atoms with Gasteiger partial charge in [-0.1, -0.05) is 0 Å². The van der Waals surface area contributed by atoms with E-state index in [1.807, 2.05) is 21.7 Å². The Kier molecular flexibility index (Phi) is 6.21. The number of aromatic nitrogens is 3. The normalized spacial score (nSPS) is 22.2. The molecular formula is C16H21Cl2N5O. The molecule has 24 heavy (non-hydrogen) atoms. The molecule has 2 aliphatic heterocycles. The zero-order chi connectivity index (χ0) is 14.9. The summed E-state index contributed by atoms with van der Waals surface area (Å²) in [5, 5.41) is 3.60. The highest BCUT2D eigenvalue weighted by atomic mass is 35.5. The van der Waals surface area contributed by atoms with Crippen molar-refractivity contribution in [2.24, 2.45) is 0 Å². The fraction of sp³-hybridized carbons (Fsp3) is 0.438. The highest BCUT2D eigenvalue weighted by Crippen LogP contribution is 2.21. The maximum Gasteiger partial charge on any atom is 0.254 e. The summed E-state index contributed by atoms with van der Waals surface area (Å²) in [5.41, 5.74) is 0.691. The van der Waals surface area contributed by atoms with Crippen molar-refractivity contribution in [1.29, 1.82) is 0 Å². The van der Waals surface area contributed by atoms with Gasteiger partial charge >= 0.3 is 0 Å². The molecule has 0 spiro atoms. The molecule has 2 saturated heterocycles. The number of likely N-dealkylation sites (tertiary alicyclic amines) is 1. The van der Waals surface area contributed by atoms with Gasteiger partial charge in [-0.25, -0.2) is 9.97 Å². The molecule has 4 heterocycles. The van der Waals surface area contributed by atoms with Crippen molar-refractivity contribution in [1.82, 2.24) is 24.8 Å². The summed E-state index contributed by atoms with van der Waals surface area (Å²) < 4.78 is 1.81. The lowest BCUT2D eigenvalue weighted by Gasteiger charge is -2.24. The Morgan fingerprint density at radius 1 is 1.17 bits per heavy atom. The minimum Gasteiger partial charge on any atom is -0.337 e. The van der Waals surface area contributed by atoms with Crippen molar-refractivity contribution in [3.05, 3.63) is 42.6 Å². The van der Waals surface area contributed by atoms with Crippen LogP contribution in [0, 0.1) is 0 Å². The van der Waals surface area contributed by atoms with E-state index in [4.69, 9.17) is 0 Å². The molecule has 2 atom stereocenters. The first kappa shape index (κ1) is 18.7. The van der Waals surface area contributed by atoms with E-state index in [9.17, 15) is 4.79 Å². The van der Waals surface area contributed by atoms with Crippen LogP contribution in [0.5, 0.6) is 0 Å². The number of carbonyl (C=O) groups excluding carboxylic acids is 1. The Bertz CT molecular complexity index is 679. The lowest BCUT2D eigenvalue weighted by molar-refractivity contribution is 0.0748. The van der Waals surface area contributed by atoms with Crippen LogP contribution in [-0.2, 0) is 0 Å². The van der Waals surface area contributed by atoms with Crippen LogP contribution in [0.15, 0.2) is 37.1 Å². The zero-order valence-corrected chi connectivity index (χ0v) is 14.8. The Morgan fingerprint density at radius 2 is 2.00 bits per heavy atom. The van der Waals surface area contributed by atoms with Gasteiger partial charge in [0.2, 0.25) is 0 Å². The quantitative estimate of drug-likeness (QED) is 0.879. The Morgan fingerprint density at radius 3 is 2.79 bits per heavy atom. The molecule has 1 N–H and O–H groups in total. The number of nitrogens with zero attached hydrogens (tertiary/aromatic N) is 4. The fourth-order valence-electron chi connectivity index (χ4n) is 3.40. The van der Waals surface area contributed by atoms with Gasteiger partial charge in [0.05, 0.1) is 0 Å². The average Bonchev–Trinajstić information content (AvgIpc) is 3.17. The first-order valence-corrected chi connectivity index (χ1v) is 7.79. The maximum atomic E-state index is 12.8. The Balaban J connectivity index is 0.00000104. The summed E-state index contributed by atoms with van der Waals surface area (Å²) in [6.45, 7) is 1.63. The summed E-state index contributed by atoms with van der Waals surface area (Å²) >= 11 is 0. The number of halogens is 2. The van der Waals surface area contributed by atoms with Gasteiger partial charge in [-0.05, 0) is 31.4 Å². The molecule has 2 unspecified atom stereocenters. The molecule has 2 aromatic rings. The van der Waals surface area contributed by atoms with E-state index in [-0.39, 0.29) is 30.7 Å². The second kappa shape index (κ2) is 7.96. The number of rotatable bonds is 2. The molecule has 0 radical (unpaired) electrons. The van der Waals surface area contributed by atoms with E-state index in [1.165, 1.54) is 12.8 Å². The van der Waals surface area contributed by atoms with Gasteiger partial charge < -0.3 is 10.2 Å². The van der Waals surface area contributed by atoms with Crippen molar-refractivity contribution >= 4 is 30.7 Å². The molecule has 1 amide bonds. The molecule has 2 aliphatic rings. The van der Waals surface area contributed by atoms with Gasteiger partial charge in [0.25, 0.3) is 5.91 Å². The third-order valence-corrected chi connectivity index (χ3v) is 4.57. The minimum atomic E-state index is 0. The van der Waals surface area contributed by atoms with Gasteiger partial charge in [-0.2, -0.15) is 0 Å². The highest BCUT2D eigenvalue weighted by Gasteiger charge is 2.31. The Labute approximate surface area is 153 Å². The predicted molar refractivity (Wildman–Crippen MR) is 96.3 cm³/mol. The Hall–Kier alpha value is -1.63. The molecule has 8 heteroatoms. The third-order valence-electron chi connectivity index (χ3n) is 4.57. The zero-order valence-electron chi connectivity index (χ0n) is 13.2. The van der Waals surface area contributed by atoms with Gasteiger partial charge in [0, 0.05) is 49.3 Å². The number of nitrogens with one attached hydrogen (secondary N) is 1. The second-order valence-electron chi connectivity index (χ2n) is 6.05.